The normalized spacial score (nSPS) is 15.3. The first kappa shape index (κ1) is 16.7. The number of para-hydroxylation sites is 1. The number of carbonyl (C=O) groups excluding carboxylic acids is 1. The summed E-state index contributed by atoms with van der Waals surface area (Å²) in [4.78, 5) is 12.0. The van der Waals surface area contributed by atoms with E-state index in [1.54, 1.807) is 0 Å². The Labute approximate surface area is 144 Å². The molecule has 24 heavy (non-hydrogen) atoms. The third-order valence-electron chi connectivity index (χ3n) is 4.89. The molecule has 1 aliphatic rings. The van der Waals surface area contributed by atoms with Crippen molar-refractivity contribution in [3.05, 3.63) is 48.3 Å². The van der Waals surface area contributed by atoms with E-state index in [0.29, 0.717) is 13.0 Å². The van der Waals surface area contributed by atoms with Crippen molar-refractivity contribution in [3.8, 4) is 5.69 Å². The number of amides is 1. The number of hydrogen-bond acceptors (Lipinski definition) is 2. The van der Waals surface area contributed by atoms with Gasteiger partial charge in [-0.2, -0.15) is 5.10 Å². The molecule has 3 rings (SSSR count). The van der Waals surface area contributed by atoms with Crippen molar-refractivity contribution >= 4 is 5.91 Å². The van der Waals surface area contributed by atoms with E-state index >= 15 is 0 Å². The Morgan fingerprint density at radius 1 is 1.17 bits per heavy atom. The number of carbonyl (C=O) groups is 1. The number of nitrogens with one attached hydrogen (secondary N) is 1. The van der Waals surface area contributed by atoms with E-state index < -0.39 is 0 Å². The average Bonchev–Trinajstić information content (AvgIpc) is 3.11. The molecule has 1 aliphatic carbocycles. The van der Waals surface area contributed by atoms with Gasteiger partial charge in [0, 0.05) is 24.7 Å². The second-order valence-corrected chi connectivity index (χ2v) is 6.80. The predicted molar refractivity (Wildman–Crippen MR) is 95.8 cm³/mol. The third kappa shape index (κ3) is 4.95. The zero-order valence-electron chi connectivity index (χ0n) is 14.3. The standard InChI is InChI=1S/C20H27N3O/c24-20(13-7-10-17-8-3-1-4-9-17)21-14-18-15-22-23(16-18)19-11-5-2-6-12-19/h2,5-6,11-12,15-17H,1,3-4,7-10,13-14H2,(H,21,24). The number of hydrogen-bond donors (Lipinski definition) is 1. The van der Waals surface area contributed by atoms with Gasteiger partial charge in [-0.3, -0.25) is 4.79 Å². The number of benzene rings is 1. The van der Waals surface area contributed by atoms with Crippen LogP contribution in [-0.4, -0.2) is 15.7 Å². The molecule has 1 amide bonds. The summed E-state index contributed by atoms with van der Waals surface area (Å²) in [6.45, 7) is 0.551. The van der Waals surface area contributed by atoms with Gasteiger partial charge in [-0.05, 0) is 30.9 Å². The lowest BCUT2D eigenvalue weighted by Crippen LogP contribution is -2.22. The predicted octanol–water partition coefficient (Wildman–Crippen LogP) is 4.24. The van der Waals surface area contributed by atoms with E-state index in [0.717, 1.165) is 23.6 Å². The largest absolute Gasteiger partial charge is 0.352 e. The average molecular weight is 325 g/mol. The minimum atomic E-state index is 0.151. The summed E-state index contributed by atoms with van der Waals surface area (Å²) in [5.41, 5.74) is 2.06. The van der Waals surface area contributed by atoms with E-state index in [2.05, 4.69) is 10.4 Å². The van der Waals surface area contributed by atoms with Crippen LogP contribution in [0.15, 0.2) is 42.7 Å². The van der Waals surface area contributed by atoms with Crippen molar-refractivity contribution in [1.82, 2.24) is 15.1 Å². The van der Waals surface area contributed by atoms with E-state index in [4.69, 9.17) is 0 Å². The maximum Gasteiger partial charge on any atom is 0.220 e. The first-order chi connectivity index (χ1) is 11.8. The van der Waals surface area contributed by atoms with Gasteiger partial charge in [-0.15, -0.1) is 0 Å². The second kappa shape index (κ2) is 8.67. The van der Waals surface area contributed by atoms with E-state index in [1.165, 1.54) is 38.5 Å². The maximum absolute atomic E-state index is 12.0. The molecule has 1 aromatic heterocycles. The van der Waals surface area contributed by atoms with Gasteiger partial charge in [-0.1, -0.05) is 50.3 Å². The Morgan fingerprint density at radius 3 is 2.75 bits per heavy atom. The van der Waals surface area contributed by atoms with Gasteiger partial charge in [0.2, 0.25) is 5.91 Å². The maximum atomic E-state index is 12.0. The minimum Gasteiger partial charge on any atom is -0.352 e. The summed E-state index contributed by atoms with van der Waals surface area (Å²) < 4.78 is 1.84. The molecular weight excluding hydrogens is 298 g/mol. The molecular formula is C20H27N3O. The molecule has 0 radical (unpaired) electrons. The minimum absolute atomic E-state index is 0.151. The molecule has 0 atom stereocenters. The molecule has 1 heterocycles. The highest BCUT2D eigenvalue weighted by atomic mass is 16.1. The van der Waals surface area contributed by atoms with Crippen molar-refractivity contribution in [2.24, 2.45) is 5.92 Å². The fraction of sp³-hybridized carbons (Fsp3) is 0.500. The van der Waals surface area contributed by atoms with Crippen LogP contribution in [0.2, 0.25) is 0 Å². The highest BCUT2D eigenvalue weighted by molar-refractivity contribution is 5.75. The number of rotatable bonds is 7. The Hall–Kier alpha value is -2.10. The number of aromatic nitrogens is 2. The molecule has 0 unspecified atom stereocenters. The van der Waals surface area contributed by atoms with Crippen LogP contribution >= 0.6 is 0 Å². The molecule has 128 valence electrons. The Kier molecular flexibility index (Phi) is 6.05. The molecule has 0 aliphatic heterocycles. The van der Waals surface area contributed by atoms with Gasteiger partial charge in [0.25, 0.3) is 0 Å². The summed E-state index contributed by atoms with van der Waals surface area (Å²) in [5, 5.41) is 7.36. The molecule has 0 spiro atoms. The van der Waals surface area contributed by atoms with Gasteiger partial charge in [0.15, 0.2) is 0 Å². The lowest BCUT2D eigenvalue weighted by atomic mass is 9.86. The van der Waals surface area contributed by atoms with Gasteiger partial charge in [0.05, 0.1) is 11.9 Å². The first-order valence-electron chi connectivity index (χ1n) is 9.17. The molecule has 1 N–H and O–H groups in total. The quantitative estimate of drug-likeness (QED) is 0.827. The van der Waals surface area contributed by atoms with Crippen molar-refractivity contribution in [3.63, 3.8) is 0 Å². The van der Waals surface area contributed by atoms with Gasteiger partial charge >= 0.3 is 0 Å². The molecule has 1 aromatic carbocycles. The molecule has 1 saturated carbocycles. The highest BCUT2D eigenvalue weighted by Gasteiger charge is 2.13. The first-order valence-corrected chi connectivity index (χ1v) is 9.17. The Bertz CT molecular complexity index is 629. The van der Waals surface area contributed by atoms with Crippen LogP contribution in [0.25, 0.3) is 5.69 Å². The van der Waals surface area contributed by atoms with Crippen LogP contribution in [0.1, 0.15) is 56.9 Å². The summed E-state index contributed by atoms with van der Waals surface area (Å²) in [5.74, 6) is 1.01. The van der Waals surface area contributed by atoms with Crippen molar-refractivity contribution in [1.29, 1.82) is 0 Å². The van der Waals surface area contributed by atoms with E-state index in [1.807, 2.05) is 47.4 Å². The molecule has 2 aromatic rings. The fourth-order valence-corrected chi connectivity index (χ4v) is 3.49. The lowest BCUT2D eigenvalue weighted by Gasteiger charge is -2.21. The second-order valence-electron chi connectivity index (χ2n) is 6.80. The fourth-order valence-electron chi connectivity index (χ4n) is 3.49. The summed E-state index contributed by atoms with van der Waals surface area (Å²) >= 11 is 0. The zero-order valence-corrected chi connectivity index (χ0v) is 14.3. The molecule has 1 fully saturated rings. The third-order valence-corrected chi connectivity index (χ3v) is 4.89. The summed E-state index contributed by atoms with van der Waals surface area (Å²) in [6.07, 6.45) is 13.5. The van der Waals surface area contributed by atoms with Crippen LogP contribution < -0.4 is 5.32 Å². The lowest BCUT2D eigenvalue weighted by molar-refractivity contribution is -0.121. The van der Waals surface area contributed by atoms with Crippen LogP contribution in [0, 0.1) is 5.92 Å². The van der Waals surface area contributed by atoms with Crippen molar-refractivity contribution < 1.29 is 4.79 Å². The molecule has 0 bridgehead atoms. The van der Waals surface area contributed by atoms with Crippen LogP contribution in [-0.2, 0) is 11.3 Å². The topological polar surface area (TPSA) is 46.9 Å². The SMILES string of the molecule is O=C(CCCC1CCCCC1)NCc1cnn(-c2ccccc2)c1. The zero-order chi connectivity index (χ0) is 16.6. The Balaban J connectivity index is 1.38. The molecule has 0 saturated heterocycles. The van der Waals surface area contributed by atoms with Crippen LogP contribution in [0.5, 0.6) is 0 Å². The van der Waals surface area contributed by atoms with Gasteiger partial charge in [-0.25, -0.2) is 4.68 Å². The monoisotopic (exact) mass is 325 g/mol. The van der Waals surface area contributed by atoms with Gasteiger partial charge < -0.3 is 5.32 Å². The molecule has 4 heteroatoms. The summed E-state index contributed by atoms with van der Waals surface area (Å²) in [7, 11) is 0. The highest BCUT2D eigenvalue weighted by Crippen LogP contribution is 2.27. The van der Waals surface area contributed by atoms with Crippen LogP contribution in [0.3, 0.4) is 0 Å². The van der Waals surface area contributed by atoms with E-state index in [9.17, 15) is 4.79 Å². The van der Waals surface area contributed by atoms with Crippen molar-refractivity contribution in [2.45, 2.75) is 57.9 Å². The van der Waals surface area contributed by atoms with E-state index in [-0.39, 0.29) is 5.91 Å². The summed E-state index contributed by atoms with van der Waals surface area (Å²) in [6, 6.07) is 10.00. The van der Waals surface area contributed by atoms with Crippen molar-refractivity contribution in [2.75, 3.05) is 0 Å². The molecule has 4 nitrogen and oxygen atoms in total. The van der Waals surface area contributed by atoms with Crippen LogP contribution in [0.4, 0.5) is 0 Å². The van der Waals surface area contributed by atoms with Gasteiger partial charge in [0.1, 0.15) is 0 Å². The Morgan fingerprint density at radius 2 is 1.96 bits per heavy atom. The number of nitrogens with zero attached hydrogens (tertiary/aromatic N) is 2. The smallest absolute Gasteiger partial charge is 0.220 e.